The summed E-state index contributed by atoms with van der Waals surface area (Å²) in [4.78, 5) is 0. The summed E-state index contributed by atoms with van der Waals surface area (Å²) in [5, 5.41) is 6.83. The molecule has 0 atom stereocenters. The lowest BCUT2D eigenvalue weighted by Gasteiger charge is -2.32. The molecular weight excluding hydrogens is 533 g/mol. The van der Waals surface area contributed by atoms with Crippen molar-refractivity contribution in [2.24, 2.45) is 0 Å². The summed E-state index contributed by atoms with van der Waals surface area (Å²) in [6.45, 7) is 10.6. The van der Waals surface area contributed by atoms with Crippen LogP contribution in [0.1, 0.15) is 33.3 Å². The monoisotopic (exact) mass is 563 g/mol. The molecule has 9 rings (SSSR count). The highest BCUT2D eigenvalue weighted by atomic mass is 16.7. The smallest absolute Gasteiger partial charge is 0.456 e. The fourth-order valence-corrected chi connectivity index (χ4v) is 6.84. The van der Waals surface area contributed by atoms with E-state index in [0.717, 1.165) is 66.1 Å². The highest BCUT2D eigenvalue weighted by Crippen LogP contribution is 2.41. The van der Waals surface area contributed by atoms with Crippen molar-refractivity contribution in [1.82, 2.24) is 4.57 Å². The number of aryl methyl sites for hydroxylation is 1. The Morgan fingerprint density at radius 1 is 0.558 bits per heavy atom. The van der Waals surface area contributed by atoms with E-state index in [1.54, 1.807) is 0 Å². The van der Waals surface area contributed by atoms with E-state index < -0.39 is 18.3 Å². The fourth-order valence-electron chi connectivity index (χ4n) is 6.84. The Labute approximate surface area is 248 Å². The van der Waals surface area contributed by atoms with Gasteiger partial charge in [-0.2, -0.15) is 0 Å². The summed E-state index contributed by atoms with van der Waals surface area (Å²) in [5.74, 6) is 0. The minimum Gasteiger partial charge on any atom is -0.456 e. The molecular formula is C37H30BNO4. The molecule has 0 saturated carbocycles. The third-order valence-electron chi connectivity index (χ3n) is 9.73. The second-order valence-corrected chi connectivity index (χ2v) is 12.9. The average Bonchev–Trinajstić information content (AvgIpc) is 3.68. The average molecular weight is 563 g/mol. The molecule has 0 unspecified atom stereocenters. The maximum Gasteiger partial charge on any atom is 0.494 e. The van der Waals surface area contributed by atoms with Crippen LogP contribution in [0.2, 0.25) is 0 Å². The Morgan fingerprint density at radius 2 is 1.16 bits per heavy atom. The molecule has 1 aliphatic rings. The van der Waals surface area contributed by atoms with Crippen LogP contribution < -0.4 is 5.46 Å². The lowest BCUT2D eigenvalue weighted by Crippen LogP contribution is -2.41. The molecule has 1 fully saturated rings. The van der Waals surface area contributed by atoms with Gasteiger partial charge in [-0.15, -0.1) is 0 Å². The lowest BCUT2D eigenvalue weighted by molar-refractivity contribution is 0.00578. The topological polar surface area (TPSA) is 49.7 Å². The molecule has 210 valence electrons. The lowest BCUT2D eigenvalue weighted by atomic mass is 9.77. The molecule has 43 heavy (non-hydrogen) atoms. The Kier molecular flexibility index (Phi) is 4.84. The van der Waals surface area contributed by atoms with E-state index in [1.807, 2.05) is 24.3 Å². The number of rotatable bonds is 2. The predicted molar refractivity (Wildman–Crippen MR) is 176 cm³/mol. The van der Waals surface area contributed by atoms with Crippen molar-refractivity contribution in [2.75, 3.05) is 0 Å². The summed E-state index contributed by atoms with van der Waals surface area (Å²) >= 11 is 0. The first-order valence-electron chi connectivity index (χ1n) is 14.9. The Balaban J connectivity index is 1.38. The summed E-state index contributed by atoms with van der Waals surface area (Å²) in [6, 6.07) is 31.9. The summed E-state index contributed by atoms with van der Waals surface area (Å²) in [7, 11) is -0.458. The van der Waals surface area contributed by atoms with Crippen LogP contribution >= 0.6 is 0 Å². The van der Waals surface area contributed by atoms with Crippen LogP contribution in [0.15, 0.2) is 99.8 Å². The summed E-state index contributed by atoms with van der Waals surface area (Å²) in [5.41, 5.74) is 8.11. The number of benzene rings is 5. The van der Waals surface area contributed by atoms with Gasteiger partial charge >= 0.3 is 7.12 Å². The Morgan fingerprint density at radius 3 is 1.86 bits per heavy atom. The van der Waals surface area contributed by atoms with Gasteiger partial charge in [0, 0.05) is 44.1 Å². The fraction of sp³-hybridized carbons (Fsp3) is 0.189. The molecule has 5 nitrogen and oxygen atoms in total. The molecule has 6 heteroatoms. The zero-order chi connectivity index (χ0) is 29.2. The van der Waals surface area contributed by atoms with E-state index in [9.17, 15) is 0 Å². The molecule has 1 aliphatic heterocycles. The third kappa shape index (κ3) is 3.42. The van der Waals surface area contributed by atoms with Crippen molar-refractivity contribution in [3.05, 3.63) is 96.6 Å². The first-order valence-corrected chi connectivity index (χ1v) is 14.9. The van der Waals surface area contributed by atoms with Crippen LogP contribution in [0.4, 0.5) is 0 Å². The molecule has 0 amide bonds. The van der Waals surface area contributed by atoms with Crippen molar-refractivity contribution in [1.29, 1.82) is 0 Å². The summed E-state index contributed by atoms with van der Waals surface area (Å²) < 4.78 is 27.9. The molecule has 0 bridgehead atoms. The standard InChI is InChI=1S/C37H30BNO4/c1-21-16-22(38-42-36(2,3)37(4,5)43-38)17-30-35(21)28-19-27-25-11-7-9-13-32(25)41-34(27)20-29(28)39(30)23-14-15-33-26(18-23)24-10-6-8-12-31(24)40-33/h6-20H,1-5H3. The Bertz CT molecular complexity index is 2420. The second kappa shape index (κ2) is 8.31. The van der Waals surface area contributed by atoms with Gasteiger partial charge in [0.1, 0.15) is 22.3 Å². The van der Waals surface area contributed by atoms with Crippen LogP contribution in [-0.4, -0.2) is 22.9 Å². The molecule has 0 radical (unpaired) electrons. The molecule has 0 N–H and O–H groups in total. The number of hydrogen-bond acceptors (Lipinski definition) is 4. The highest BCUT2D eigenvalue weighted by Gasteiger charge is 2.51. The maximum atomic E-state index is 6.51. The van der Waals surface area contributed by atoms with E-state index >= 15 is 0 Å². The molecule has 0 spiro atoms. The first-order chi connectivity index (χ1) is 20.7. The van der Waals surface area contributed by atoms with E-state index in [-0.39, 0.29) is 0 Å². The van der Waals surface area contributed by atoms with Gasteiger partial charge in [0.2, 0.25) is 0 Å². The maximum absolute atomic E-state index is 6.51. The first kappa shape index (κ1) is 25.0. The quantitative estimate of drug-likeness (QED) is 0.197. The minimum atomic E-state index is -0.458. The van der Waals surface area contributed by atoms with Crippen molar-refractivity contribution in [3.8, 4) is 5.69 Å². The molecule has 8 aromatic rings. The number of furan rings is 2. The molecule has 5 aromatic carbocycles. The largest absolute Gasteiger partial charge is 0.494 e. The van der Waals surface area contributed by atoms with Crippen LogP contribution in [-0.2, 0) is 9.31 Å². The van der Waals surface area contributed by atoms with Gasteiger partial charge in [0.25, 0.3) is 0 Å². The minimum absolute atomic E-state index is 0.424. The zero-order valence-electron chi connectivity index (χ0n) is 24.8. The van der Waals surface area contributed by atoms with Crippen LogP contribution in [0.25, 0.3) is 71.4 Å². The van der Waals surface area contributed by atoms with Crippen molar-refractivity contribution < 1.29 is 18.1 Å². The van der Waals surface area contributed by atoms with Gasteiger partial charge in [-0.3, -0.25) is 0 Å². The van der Waals surface area contributed by atoms with Crippen LogP contribution in [0, 0.1) is 6.92 Å². The van der Waals surface area contributed by atoms with Crippen molar-refractivity contribution in [3.63, 3.8) is 0 Å². The van der Waals surface area contributed by atoms with Crippen molar-refractivity contribution in [2.45, 2.75) is 45.8 Å². The zero-order valence-corrected chi connectivity index (χ0v) is 24.8. The van der Waals surface area contributed by atoms with Crippen LogP contribution in [0.3, 0.4) is 0 Å². The van der Waals surface area contributed by atoms with Crippen molar-refractivity contribution >= 4 is 78.3 Å². The number of fused-ring (bicyclic) bond motifs is 9. The molecule has 0 aliphatic carbocycles. The van der Waals surface area contributed by atoms with Gasteiger partial charge in [-0.05, 0) is 88.1 Å². The molecule has 3 aromatic heterocycles. The van der Waals surface area contributed by atoms with E-state index in [0.29, 0.717) is 0 Å². The van der Waals surface area contributed by atoms with Gasteiger partial charge < -0.3 is 22.7 Å². The Hall–Kier alpha value is -4.52. The second-order valence-electron chi connectivity index (χ2n) is 12.9. The SMILES string of the molecule is Cc1cc(B2OC(C)(C)C(C)(C)O2)cc2c1c1cc3c(cc1n2-c1ccc2oc4ccccc4c2c1)oc1ccccc13. The number of hydrogen-bond donors (Lipinski definition) is 0. The van der Waals surface area contributed by atoms with E-state index in [4.69, 9.17) is 18.1 Å². The predicted octanol–water partition coefficient (Wildman–Crippen LogP) is 9.19. The van der Waals surface area contributed by atoms with Gasteiger partial charge in [-0.1, -0.05) is 42.5 Å². The van der Waals surface area contributed by atoms with Gasteiger partial charge in [0.15, 0.2) is 0 Å². The van der Waals surface area contributed by atoms with E-state index in [1.165, 1.54) is 16.3 Å². The third-order valence-corrected chi connectivity index (χ3v) is 9.73. The highest BCUT2D eigenvalue weighted by molar-refractivity contribution is 6.62. The number of nitrogens with zero attached hydrogens (tertiary/aromatic N) is 1. The number of para-hydroxylation sites is 2. The molecule has 1 saturated heterocycles. The normalized spacial score (nSPS) is 16.6. The molecule has 4 heterocycles. The number of aromatic nitrogens is 1. The van der Waals surface area contributed by atoms with E-state index in [2.05, 4.69) is 106 Å². The van der Waals surface area contributed by atoms with Gasteiger partial charge in [0.05, 0.1) is 22.2 Å². The summed E-state index contributed by atoms with van der Waals surface area (Å²) in [6.07, 6.45) is 0. The van der Waals surface area contributed by atoms with Gasteiger partial charge in [-0.25, -0.2) is 0 Å². The van der Waals surface area contributed by atoms with Crippen LogP contribution in [0.5, 0.6) is 0 Å².